The van der Waals surface area contributed by atoms with Crippen molar-refractivity contribution in [2.45, 2.75) is 26.4 Å². The number of nitrogens with one attached hydrogen (secondary N) is 1. The van der Waals surface area contributed by atoms with Gasteiger partial charge < -0.3 is 19.7 Å². The molecule has 2 aromatic rings. The van der Waals surface area contributed by atoms with Gasteiger partial charge in [0.15, 0.2) is 5.82 Å². The predicted molar refractivity (Wildman–Crippen MR) is 102 cm³/mol. The second-order valence-corrected chi connectivity index (χ2v) is 7.61. The normalized spacial score (nSPS) is 15.6. The molecule has 0 aromatic carbocycles. The lowest BCUT2D eigenvalue weighted by atomic mass is 9.96. The molecule has 142 valence electrons. The highest BCUT2D eigenvalue weighted by atomic mass is 32.1. The maximum absolute atomic E-state index is 13.1. The van der Waals surface area contributed by atoms with E-state index in [2.05, 4.69) is 15.3 Å². The third kappa shape index (κ3) is 3.67. The van der Waals surface area contributed by atoms with Gasteiger partial charge >= 0.3 is 0 Å². The fourth-order valence-corrected chi connectivity index (χ4v) is 4.62. The largest absolute Gasteiger partial charge is 0.480 e. The molecule has 1 N–H and O–H groups in total. The Bertz CT molecular complexity index is 784. The SMILES string of the molecule is CNCC1CCN(C(=O)c2sc3nc(COC)nc(OC)c3c2C)CC1. The number of rotatable bonds is 6. The van der Waals surface area contributed by atoms with Gasteiger partial charge in [0, 0.05) is 20.2 Å². The van der Waals surface area contributed by atoms with Crippen LogP contribution in [-0.2, 0) is 11.3 Å². The van der Waals surface area contributed by atoms with Gasteiger partial charge in [-0.05, 0) is 44.8 Å². The van der Waals surface area contributed by atoms with Crippen LogP contribution >= 0.6 is 11.3 Å². The minimum atomic E-state index is 0.0868. The molecule has 0 radical (unpaired) electrons. The summed E-state index contributed by atoms with van der Waals surface area (Å²) in [5.74, 6) is 1.80. The van der Waals surface area contributed by atoms with Crippen molar-refractivity contribution in [3.8, 4) is 5.88 Å². The third-order valence-corrected chi connectivity index (χ3v) is 6.03. The smallest absolute Gasteiger partial charge is 0.264 e. The Labute approximate surface area is 157 Å². The van der Waals surface area contributed by atoms with Crippen LogP contribution in [0.25, 0.3) is 10.2 Å². The van der Waals surface area contributed by atoms with Crippen LogP contribution in [0.15, 0.2) is 0 Å². The number of amides is 1. The van der Waals surface area contributed by atoms with Gasteiger partial charge in [-0.25, -0.2) is 4.98 Å². The number of ether oxygens (including phenoxy) is 2. The lowest BCUT2D eigenvalue weighted by Crippen LogP contribution is -2.40. The minimum Gasteiger partial charge on any atom is -0.480 e. The molecule has 3 rings (SSSR count). The quantitative estimate of drug-likeness (QED) is 0.831. The molecule has 7 nitrogen and oxygen atoms in total. The lowest BCUT2D eigenvalue weighted by Gasteiger charge is -2.31. The number of thiophene rings is 1. The molecule has 1 aliphatic rings. The summed E-state index contributed by atoms with van der Waals surface area (Å²) in [7, 11) is 5.17. The molecule has 1 amide bonds. The predicted octanol–water partition coefficient (Wildman–Crippen LogP) is 2.23. The summed E-state index contributed by atoms with van der Waals surface area (Å²) in [6, 6.07) is 0. The van der Waals surface area contributed by atoms with E-state index in [0.29, 0.717) is 24.2 Å². The van der Waals surface area contributed by atoms with Gasteiger partial charge in [-0.15, -0.1) is 11.3 Å². The van der Waals surface area contributed by atoms with Crippen molar-refractivity contribution in [2.75, 3.05) is 40.9 Å². The zero-order valence-electron chi connectivity index (χ0n) is 15.8. The van der Waals surface area contributed by atoms with E-state index < -0.39 is 0 Å². The van der Waals surface area contributed by atoms with Gasteiger partial charge in [0.1, 0.15) is 11.4 Å². The topological polar surface area (TPSA) is 76.6 Å². The number of carbonyl (C=O) groups excluding carboxylic acids is 1. The van der Waals surface area contributed by atoms with Crippen LogP contribution in [0.1, 0.15) is 33.9 Å². The summed E-state index contributed by atoms with van der Waals surface area (Å²) >= 11 is 1.42. The van der Waals surface area contributed by atoms with Gasteiger partial charge in [0.2, 0.25) is 5.88 Å². The second kappa shape index (κ2) is 8.28. The average Bonchev–Trinajstić information content (AvgIpc) is 2.98. The number of hydrogen-bond acceptors (Lipinski definition) is 7. The number of aromatic nitrogens is 2. The lowest BCUT2D eigenvalue weighted by molar-refractivity contribution is 0.0695. The van der Waals surface area contributed by atoms with Crippen molar-refractivity contribution in [2.24, 2.45) is 5.92 Å². The molecule has 0 bridgehead atoms. The standard InChI is InChI=1S/C18H26N4O3S/c1-11-14-16(25-4)20-13(10-24-3)21-17(14)26-15(11)18(23)22-7-5-12(6-8-22)9-19-2/h12,19H,5-10H2,1-4H3. The molecule has 0 saturated carbocycles. The van der Waals surface area contributed by atoms with Crippen molar-refractivity contribution in [1.29, 1.82) is 0 Å². The zero-order valence-corrected chi connectivity index (χ0v) is 16.6. The van der Waals surface area contributed by atoms with Crippen molar-refractivity contribution in [3.63, 3.8) is 0 Å². The maximum atomic E-state index is 13.1. The fourth-order valence-electron chi connectivity index (χ4n) is 3.46. The van der Waals surface area contributed by atoms with Crippen LogP contribution in [0.4, 0.5) is 0 Å². The number of carbonyl (C=O) groups is 1. The molecule has 1 aliphatic heterocycles. The van der Waals surface area contributed by atoms with Gasteiger partial charge in [0.25, 0.3) is 5.91 Å². The Kier molecular flexibility index (Phi) is 6.05. The van der Waals surface area contributed by atoms with Gasteiger partial charge in [-0.2, -0.15) is 4.98 Å². The van der Waals surface area contributed by atoms with E-state index in [-0.39, 0.29) is 5.91 Å². The highest BCUT2D eigenvalue weighted by Gasteiger charge is 2.27. The Balaban J connectivity index is 1.88. The number of methoxy groups -OCH3 is 2. The Morgan fingerprint density at radius 3 is 2.65 bits per heavy atom. The Morgan fingerprint density at radius 1 is 1.31 bits per heavy atom. The highest BCUT2D eigenvalue weighted by molar-refractivity contribution is 7.20. The summed E-state index contributed by atoms with van der Waals surface area (Å²) in [5.41, 5.74) is 0.896. The van der Waals surface area contributed by atoms with Crippen LogP contribution in [0.5, 0.6) is 5.88 Å². The van der Waals surface area contributed by atoms with E-state index >= 15 is 0 Å². The summed E-state index contributed by atoms with van der Waals surface area (Å²) in [4.78, 5) is 25.5. The number of aryl methyl sites for hydroxylation is 1. The van der Waals surface area contributed by atoms with Crippen molar-refractivity contribution in [1.82, 2.24) is 20.2 Å². The molecular formula is C18H26N4O3S. The highest BCUT2D eigenvalue weighted by Crippen LogP contribution is 2.36. The first-order valence-corrected chi connectivity index (χ1v) is 9.67. The summed E-state index contributed by atoms with van der Waals surface area (Å²) < 4.78 is 10.6. The summed E-state index contributed by atoms with van der Waals surface area (Å²) in [6.45, 7) is 4.87. The van der Waals surface area contributed by atoms with Crippen LogP contribution in [0.2, 0.25) is 0 Å². The molecule has 0 aliphatic carbocycles. The summed E-state index contributed by atoms with van der Waals surface area (Å²) in [5, 5.41) is 4.05. The monoisotopic (exact) mass is 378 g/mol. The van der Waals surface area contributed by atoms with E-state index in [9.17, 15) is 4.79 Å². The Morgan fingerprint density at radius 2 is 2.04 bits per heavy atom. The van der Waals surface area contributed by atoms with Crippen LogP contribution in [-0.4, -0.2) is 61.7 Å². The van der Waals surface area contributed by atoms with Gasteiger partial charge in [0.05, 0.1) is 17.4 Å². The van der Waals surface area contributed by atoms with Gasteiger partial charge in [-0.1, -0.05) is 0 Å². The second-order valence-electron chi connectivity index (χ2n) is 6.61. The first-order chi connectivity index (χ1) is 12.6. The number of likely N-dealkylation sites (tertiary alicyclic amines) is 1. The fraction of sp³-hybridized carbons (Fsp3) is 0.611. The Hall–Kier alpha value is -1.77. The van der Waals surface area contributed by atoms with E-state index in [0.717, 1.165) is 53.1 Å². The maximum Gasteiger partial charge on any atom is 0.264 e. The van der Waals surface area contributed by atoms with Crippen molar-refractivity contribution >= 4 is 27.5 Å². The van der Waals surface area contributed by atoms with Gasteiger partial charge in [-0.3, -0.25) is 4.79 Å². The molecule has 8 heteroatoms. The molecule has 0 atom stereocenters. The molecule has 26 heavy (non-hydrogen) atoms. The van der Waals surface area contributed by atoms with Crippen LogP contribution < -0.4 is 10.1 Å². The molecule has 0 unspecified atom stereocenters. The third-order valence-electron chi connectivity index (χ3n) is 4.86. The minimum absolute atomic E-state index is 0.0868. The average molecular weight is 378 g/mol. The zero-order chi connectivity index (χ0) is 18.7. The number of piperidine rings is 1. The molecule has 2 aromatic heterocycles. The molecule has 0 spiro atoms. The summed E-state index contributed by atoms with van der Waals surface area (Å²) in [6.07, 6.45) is 2.08. The molecular weight excluding hydrogens is 352 g/mol. The molecule has 3 heterocycles. The first-order valence-electron chi connectivity index (χ1n) is 8.85. The van der Waals surface area contributed by atoms with E-state index in [1.165, 1.54) is 11.3 Å². The van der Waals surface area contributed by atoms with Crippen LogP contribution in [0.3, 0.4) is 0 Å². The number of fused-ring (bicyclic) bond motifs is 1. The van der Waals surface area contributed by atoms with Crippen molar-refractivity contribution in [3.05, 3.63) is 16.3 Å². The number of hydrogen-bond donors (Lipinski definition) is 1. The molecule has 1 saturated heterocycles. The van der Waals surface area contributed by atoms with E-state index in [1.807, 2.05) is 18.9 Å². The van der Waals surface area contributed by atoms with E-state index in [4.69, 9.17) is 9.47 Å². The first kappa shape index (κ1) is 19.0. The number of nitrogens with zero attached hydrogens (tertiary/aromatic N) is 3. The van der Waals surface area contributed by atoms with Crippen molar-refractivity contribution < 1.29 is 14.3 Å². The molecule has 1 fully saturated rings. The van der Waals surface area contributed by atoms with E-state index in [1.54, 1.807) is 14.2 Å². The van der Waals surface area contributed by atoms with Crippen LogP contribution in [0, 0.1) is 12.8 Å².